The monoisotopic (exact) mass is 389 g/mol. The minimum absolute atomic E-state index is 0.282. The van der Waals surface area contributed by atoms with Crippen LogP contribution in [0.25, 0.3) is 0 Å². The summed E-state index contributed by atoms with van der Waals surface area (Å²) >= 11 is 0. The molecule has 0 aliphatic heterocycles. The van der Waals surface area contributed by atoms with Crippen molar-refractivity contribution in [2.75, 3.05) is 17.2 Å². The van der Waals surface area contributed by atoms with Crippen LogP contribution in [0.1, 0.15) is 38.8 Å². The number of nitrogens with zero attached hydrogens (tertiary/aromatic N) is 1. The van der Waals surface area contributed by atoms with Gasteiger partial charge in [-0.15, -0.1) is 0 Å². The molecule has 3 rings (SSSR count). The molecule has 0 aliphatic rings. The first-order chi connectivity index (χ1) is 14.0. The summed E-state index contributed by atoms with van der Waals surface area (Å²) < 4.78 is 5.53. The molecule has 1 heterocycles. The molecule has 2 aromatic carbocycles. The van der Waals surface area contributed by atoms with Crippen LogP contribution >= 0.6 is 0 Å². The van der Waals surface area contributed by atoms with Gasteiger partial charge in [0, 0.05) is 18.1 Å². The number of carbonyl (C=O) groups excluding carboxylic acids is 2. The Morgan fingerprint density at radius 1 is 0.897 bits per heavy atom. The standard InChI is InChI=1S/C23H23N3O3/c1-4-29-21-8-6-5-7-19(21)25-22(27)17-12-18(14-24-13-17)23(28)26-20-11-15(2)9-10-16(20)3/h5-14H,4H2,1-3H3,(H,25,27)(H,26,28). The fraction of sp³-hybridized carbons (Fsp3) is 0.174. The Morgan fingerprint density at radius 2 is 1.55 bits per heavy atom. The molecule has 6 nitrogen and oxygen atoms in total. The number of rotatable bonds is 6. The van der Waals surface area contributed by atoms with E-state index in [2.05, 4.69) is 15.6 Å². The third-order valence-electron chi connectivity index (χ3n) is 4.34. The molecule has 3 aromatic rings. The lowest BCUT2D eigenvalue weighted by Gasteiger charge is -2.12. The van der Waals surface area contributed by atoms with Gasteiger partial charge in [-0.1, -0.05) is 24.3 Å². The van der Waals surface area contributed by atoms with Crippen LogP contribution in [0.2, 0.25) is 0 Å². The van der Waals surface area contributed by atoms with E-state index in [-0.39, 0.29) is 17.4 Å². The molecule has 6 heteroatoms. The molecule has 0 saturated carbocycles. The molecular formula is C23H23N3O3. The number of amides is 2. The minimum atomic E-state index is -0.369. The third kappa shape index (κ3) is 4.99. The number of pyridine rings is 1. The van der Waals surface area contributed by atoms with Crippen LogP contribution in [0.3, 0.4) is 0 Å². The summed E-state index contributed by atoms with van der Waals surface area (Å²) in [6, 6.07) is 14.5. The molecule has 2 amide bonds. The van der Waals surface area contributed by atoms with Gasteiger partial charge in [-0.3, -0.25) is 14.6 Å². The smallest absolute Gasteiger partial charge is 0.257 e. The lowest BCUT2D eigenvalue weighted by atomic mass is 10.1. The van der Waals surface area contributed by atoms with Gasteiger partial charge in [0.15, 0.2) is 0 Å². The van der Waals surface area contributed by atoms with Crippen LogP contribution in [-0.4, -0.2) is 23.4 Å². The average Bonchev–Trinajstić information content (AvgIpc) is 2.72. The van der Waals surface area contributed by atoms with Gasteiger partial charge in [-0.05, 0) is 56.2 Å². The van der Waals surface area contributed by atoms with E-state index in [1.807, 2.05) is 51.1 Å². The van der Waals surface area contributed by atoms with Gasteiger partial charge in [-0.2, -0.15) is 0 Å². The maximum absolute atomic E-state index is 12.7. The maximum atomic E-state index is 12.7. The van der Waals surface area contributed by atoms with E-state index >= 15 is 0 Å². The second-order valence-electron chi connectivity index (χ2n) is 6.62. The molecule has 29 heavy (non-hydrogen) atoms. The second-order valence-corrected chi connectivity index (χ2v) is 6.62. The van der Waals surface area contributed by atoms with Crippen molar-refractivity contribution in [1.29, 1.82) is 0 Å². The zero-order chi connectivity index (χ0) is 20.8. The van der Waals surface area contributed by atoms with Crippen molar-refractivity contribution >= 4 is 23.2 Å². The van der Waals surface area contributed by atoms with Gasteiger partial charge in [0.2, 0.25) is 0 Å². The summed E-state index contributed by atoms with van der Waals surface area (Å²) in [6.07, 6.45) is 2.86. The minimum Gasteiger partial charge on any atom is -0.492 e. The number of aromatic nitrogens is 1. The van der Waals surface area contributed by atoms with E-state index in [0.29, 0.717) is 23.6 Å². The van der Waals surface area contributed by atoms with Crippen molar-refractivity contribution in [2.45, 2.75) is 20.8 Å². The Kier molecular flexibility index (Phi) is 6.24. The fourth-order valence-corrected chi connectivity index (χ4v) is 2.80. The zero-order valence-electron chi connectivity index (χ0n) is 16.7. The highest BCUT2D eigenvalue weighted by Crippen LogP contribution is 2.24. The topological polar surface area (TPSA) is 80.3 Å². The molecule has 0 radical (unpaired) electrons. The number of para-hydroxylation sites is 2. The first-order valence-corrected chi connectivity index (χ1v) is 9.34. The summed E-state index contributed by atoms with van der Waals surface area (Å²) in [7, 11) is 0. The van der Waals surface area contributed by atoms with Crippen molar-refractivity contribution < 1.29 is 14.3 Å². The number of benzene rings is 2. The van der Waals surface area contributed by atoms with Gasteiger partial charge in [0.05, 0.1) is 23.4 Å². The molecule has 0 unspecified atom stereocenters. The Morgan fingerprint density at radius 3 is 2.24 bits per heavy atom. The molecule has 0 fully saturated rings. The Labute approximate surface area is 169 Å². The normalized spacial score (nSPS) is 10.3. The van der Waals surface area contributed by atoms with Gasteiger partial charge >= 0.3 is 0 Å². The Balaban J connectivity index is 1.77. The SMILES string of the molecule is CCOc1ccccc1NC(=O)c1cncc(C(=O)Nc2cc(C)ccc2C)c1. The van der Waals surface area contributed by atoms with Crippen molar-refractivity contribution in [3.05, 3.63) is 83.2 Å². The van der Waals surface area contributed by atoms with Gasteiger partial charge in [0.1, 0.15) is 5.75 Å². The van der Waals surface area contributed by atoms with Crippen molar-refractivity contribution in [3.8, 4) is 5.75 Å². The molecule has 0 saturated heterocycles. The number of anilines is 2. The van der Waals surface area contributed by atoms with Crippen LogP contribution < -0.4 is 15.4 Å². The van der Waals surface area contributed by atoms with Gasteiger partial charge in [-0.25, -0.2) is 0 Å². The highest BCUT2D eigenvalue weighted by atomic mass is 16.5. The molecule has 0 spiro atoms. The Hall–Kier alpha value is -3.67. The maximum Gasteiger partial charge on any atom is 0.257 e. The molecular weight excluding hydrogens is 366 g/mol. The number of ether oxygens (including phenoxy) is 1. The van der Waals surface area contributed by atoms with Crippen molar-refractivity contribution in [1.82, 2.24) is 4.98 Å². The fourth-order valence-electron chi connectivity index (χ4n) is 2.80. The number of carbonyl (C=O) groups is 2. The summed E-state index contributed by atoms with van der Waals surface area (Å²) in [5.41, 5.74) is 3.88. The number of hydrogen-bond acceptors (Lipinski definition) is 4. The number of hydrogen-bond donors (Lipinski definition) is 2. The number of nitrogens with one attached hydrogen (secondary N) is 2. The zero-order valence-corrected chi connectivity index (χ0v) is 16.7. The lowest BCUT2D eigenvalue weighted by Crippen LogP contribution is -2.17. The van der Waals surface area contributed by atoms with Gasteiger partial charge < -0.3 is 15.4 Å². The van der Waals surface area contributed by atoms with Crippen molar-refractivity contribution in [2.24, 2.45) is 0 Å². The van der Waals surface area contributed by atoms with Crippen molar-refractivity contribution in [3.63, 3.8) is 0 Å². The van der Waals surface area contributed by atoms with E-state index in [0.717, 1.165) is 16.8 Å². The van der Waals surface area contributed by atoms with E-state index < -0.39 is 0 Å². The van der Waals surface area contributed by atoms with Crippen LogP contribution in [0.4, 0.5) is 11.4 Å². The quantitative estimate of drug-likeness (QED) is 0.646. The van der Waals surface area contributed by atoms with Crippen LogP contribution in [0.5, 0.6) is 5.75 Å². The molecule has 2 N–H and O–H groups in total. The summed E-state index contributed by atoms with van der Waals surface area (Å²) in [5.74, 6) is -0.110. The highest BCUT2D eigenvalue weighted by molar-refractivity contribution is 6.08. The van der Waals surface area contributed by atoms with E-state index in [4.69, 9.17) is 4.74 Å². The third-order valence-corrected chi connectivity index (χ3v) is 4.34. The molecule has 0 aliphatic carbocycles. The number of aryl methyl sites for hydroxylation is 2. The summed E-state index contributed by atoms with van der Waals surface area (Å²) in [6.45, 7) is 6.25. The van der Waals surface area contributed by atoms with Crippen LogP contribution in [0, 0.1) is 13.8 Å². The predicted octanol–water partition coefficient (Wildman–Crippen LogP) is 4.60. The van der Waals surface area contributed by atoms with Crippen LogP contribution in [0.15, 0.2) is 60.9 Å². The summed E-state index contributed by atoms with van der Waals surface area (Å²) in [5, 5.41) is 5.69. The van der Waals surface area contributed by atoms with Gasteiger partial charge in [0.25, 0.3) is 11.8 Å². The second kappa shape index (κ2) is 9.01. The molecule has 0 atom stereocenters. The van der Waals surface area contributed by atoms with E-state index in [9.17, 15) is 9.59 Å². The lowest BCUT2D eigenvalue weighted by molar-refractivity contribution is 0.102. The predicted molar refractivity (Wildman–Crippen MR) is 114 cm³/mol. The Bertz CT molecular complexity index is 1050. The first kappa shape index (κ1) is 20.1. The largest absolute Gasteiger partial charge is 0.492 e. The molecule has 148 valence electrons. The molecule has 0 bridgehead atoms. The van der Waals surface area contributed by atoms with E-state index in [1.165, 1.54) is 18.5 Å². The molecule has 1 aromatic heterocycles. The summed E-state index contributed by atoms with van der Waals surface area (Å²) in [4.78, 5) is 29.4. The highest BCUT2D eigenvalue weighted by Gasteiger charge is 2.14. The average molecular weight is 389 g/mol. The van der Waals surface area contributed by atoms with E-state index in [1.54, 1.807) is 12.1 Å². The van der Waals surface area contributed by atoms with Crippen LogP contribution in [-0.2, 0) is 0 Å². The first-order valence-electron chi connectivity index (χ1n) is 9.34.